The van der Waals surface area contributed by atoms with Gasteiger partial charge in [-0.05, 0) is 43.1 Å². The molecule has 1 aromatic rings. The van der Waals surface area contributed by atoms with Gasteiger partial charge in [-0.2, -0.15) is 0 Å². The SMILES string of the molecule is C=C1C[C@@H]2C[C@@H](c3ccccc3)C[C@]2(O)C1. The first kappa shape index (κ1) is 10.1. The molecule has 3 rings (SSSR count). The Labute approximate surface area is 96.8 Å². The standard InChI is InChI=1S/C15H18O/c1-11-7-14-8-13(10-15(14,16)9-11)12-5-3-2-4-6-12/h2-6,13-14,16H,1,7-10H2/t13-,14-,15-/m1/s1. The molecule has 0 unspecified atom stereocenters. The molecule has 0 saturated heterocycles. The molecule has 0 bridgehead atoms. The lowest BCUT2D eigenvalue weighted by Crippen LogP contribution is -2.27. The number of benzene rings is 1. The Balaban J connectivity index is 1.83. The third kappa shape index (κ3) is 1.51. The second-order valence-electron chi connectivity index (χ2n) is 5.48. The van der Waals surface area contributed by atoms with Crippen LogP contribution in [-0.2, 0) is 0 Å². The van der Waals surface area contributed by atoms with E-state index in [0.29, 0.717) is 11.8 Å². The molecule has 0 amide bonds. The molecule has 2 saturated carbocycles. The first-order valence-electron chi connectivity index (χ1n) is 6.11. The molecular weight excluding hydrogens is 196 g/mol. The Morgan fingerprint density at radius 2 is 2.00 bits per heavy atom. The van der Waals surface area contributed by atoms with Crippen molar-refractivity contribution in [3.8, 4) is 0 Å². The Kier molecular flexibility index (Phi) is 2.18. The first-order chi connectivity index (χ1) is 7.67. The molecule has 0 radical (unpaired) electrons. The molecule has 3 atom stereocenters. The van der Waals surface area contributed by atoms with E-state index in [2.05, 4.69) is 36.9 Å². The van der Waals surface area contributed by atoms with E-state index in [9.17, 15) is 5.11 Å². The van der Waals surface area contributed by atoms with Crippen molar-refractivity contribution in [2.75, 3.05) is 0 Å². The van der Waals surface area contributed by atoms with Crippen molar-refractivity contribution < 1.29 is 5.11 Å². The molecule has 2 fully saturated rings. The van der Waals surface area contributed by atoms with Gasteiger partial charge >= 0.3 is 0 Å². The summed E-state index contributed by atoms with van der Waals surface area (Å²) in [6.07, 6.45) is 3.89. The molecule has 1 nitrogen and oxygen atoms in total. The fraction of sp³-hybridized carbons (Fsp3) is 0.467. The van der Waals surface area contributed by atoms with E-state index in [1.54, 1.807) is 0 Å². The number of hydrogen-bond donors (Lipinski definition) is 1. The van der Waals surface area contributed by atoms with Crippen LogP contribution in [0.3, 0.4) is 0 Å². The zero-order chi connectivity index (χ0) is 11.2. The molecule has 2 aliphatic carbocycles. The summed E-state index contributed by atoms with van der Waals surface area (Å²) in [6, 6.07) is 10.6. The maximum Gasteiger partial charge on any atom is 0.0721 e. The van der Waals surface area contributed by atoms with Gasteiger partial charge < -0.3 is 5.11 Å². The van der Waals surface area contributed by atoms with E-state index < -0.39 is 5.60 Å². The lowest BCUT2D eigenvalue weighted by atomic mass is 9.93. The highest BCUT2D eigenvalue weighted by Gasteiger charge is 2.50. The van der Waals surface area contributed by atoms with Crippen molar-refractivity contribution in [2.24, 2.45) is 5.92 Å². The number of aliphatic hydroxyl groups is 1. The highest BCUT2D eigenvalue weighted by Crippen LogP contribution is 2.54. The highest BCUT2D eigenvalue weighted by atomic mass is 16.3. The minimum atomic E-state index is -0.447. The van der Waals surface area contributed by atoms with Gasteiger partial charge in [0.1, 0.15) is 0 Å². The summed E-state index contributed by atoms with van der Waals surface area (Å²) < 4.78 is 0. The van der Waals surface area contributed by atoms with Gasteiger partial charge in [0.15, 0.2) is 0 Å². The predicted molar refractivity (Wildman–Crippen MR) is 65.2 cm³/mol. The maximum atomic E-state index is 10.6. The van der Waals surface area contributed by atoms with Gasteiger partial charge in [0, 0.05) is 0 Å². The van der Waals surface area contributed by atoms with E-state index in [1.807, 2.05) is 0 Å². The quantitative estimate of drug-likeness (QED) is 0.711. The predicted octanol–water partition coefficient (Wildman–Crippen LogP) is 3.26. The average Bonchev–Trinajstić information content (AvgIpc) is 2.70. The van der Waals surface area contributed by atoms with Crippen LogP contribution in [0.1, 0.15) is 37.2 Å². The molecule has 0 heterocycles. The van der Waals surface area contributed by atoms with E-state index in [-0.39, 0.29) is 0 Å². The Morgan fingerprint density at radius 1 is 1.25 bits per heavy atom. The van der Waals surface area contributed by atoms with Crippen molar-refractivity contribution in [1.82, 2.24) is 0 Å². The van der Waals surface area contributed by atoms with Crippen LogP contribution in [0.5, 0.6) is 0 Å². The Morgan fingerprint density at radius 3 is 2.69 bits per heavy atom. The number of fused-ring (bicyclic) bond motifs is 1. The number of hydrogen-bond acceptors (Lipinski definition) is 1. The Bertz CT molecular complexity index is 409. The molecule has 84 valence electrons. The number of rotatable bonds is 1. The van der Waals surface area contributed by atoms with Crippen molar-refractivity contribution in [2.45, 2.75) is 37.2 Å². The summed E-state index contributed by atoms with van der Waals surface area (Å²) in [6.45, 7) is 4.02. The van der Waals surface area contributed by atoms with Gasteiger partial charge in [-0.15, -0.1) is 0 Å². The van der Waals surface area contributed by atoms with Gasteiger partial charge in [0.05, 0.1) is 5.60 Å². The molecule has 0 aromatic heterocycles. The van der Waals surface area contributed by atoms with Crippen LogP contribution in [0.4, 0.5) is 0 Å². The normalized spacial score (nSPS) is 37.7. The van der Waals surface area contributed by atoms with Crippen LogP contribution in [0.25, 0.3) is 0 Å². The van der Waals surface area contributed by atoms with Gasteiger partial charge in [-0.25, -0.2) is 0 Å². The fourth-order valence-corrected chi connectivity index (χ4v) is 3.56. The summed E-state index contributed by atoms with van der Waals surface area (Å²) in [5.74, 6) is 0.995. The molecular formula is C15H18O. The van der Waals surface area contributed by atoms with Gasteiger partial charge in [0.25, 0.3) is 0 Å². The molecule has 1 heteroatoms. The largest absolute Gasteiger partial charge is 0.389 e. The second-order valence-corrected chi connectivity index (χ2v) is 5.48. The van der Waals surface area contributed by atoms with Crippen LogP contribution in [0.2, 0.25) is 0 Å². The summed E-state index contributed by atoms with van der Waals surface area (Å²) in [5.41, 5.74) is 2.17. The molecule has 0 aliphatic heterocycles. The van der Waals surface area contributed by atoms with Crippen LogP contribution in [0.15, 0.2) is 42.5 Å². The van der Waals surface area contributed by atoms with Gasteiger partial charge in [-0.1, -0.05) is 42.5 Å². The zero-order valence-electron chi connectivity index (χ0n) is 9.52. The lowest BCUT2D eigenvalue weighted by Gasteiger charge is -2.21. The van der Waals surface area contributed by atoms with E-state index in [1.165, 1.54) is 11.1 Å². The topological polar surface area (TPSA) is 20.2 Å². The van der Waals surface area contributed by atoms with Crippen LogP contribution in [0, 0.1) is 5.92 Å². The van der Waals surface area contributed by atoms with Gasteiger partial charge in [0.2, 0.25) is 0 Å². The van der Waals surface area contributed by atoms with Crippen molar-refractivity contribution >= 4 is 0 Å². The van der Waals surface area contributed by atoms with E-state index in [0.717, 1.165) is 25.7 Å². The molecule has 0 spiro atoms. The van der Waals surface area contributed by atoms with Crippen molar-refractivity contribution in [3.05, 3.63) is 48.0 Å². The monoisotopic (exact) mass is 214 g/mol. The smallest absolute Gasteiger partial charge is 0.0721 e. The summed E-state index contributed by atoms with van der Waals surface area (Å²) >= 11 is 0. The van der Waals surface area contributed by atoms with Gasteiger partial charge in [-0.3, -0.25) is 0 Å². The average molecular weight is 214 g/mol. The first-order valence-corrected chi connectivity index (χ1v) is 6.11. The summed E-state index contributed by atoms with van der Waals surface area (Å²) in [4.78, 5) is 0. The molecule has 16 heavy (non-hydrogen) atoms. The minimum absolute atomic E-state index is 0.447. The van der Waals surface area contributed by atoms with Crippen molar-refractivity contribution in [3.63, 3.8) is 0 Å². The second kappa shape index (κ2) is 3.46. The van der Waals surface area contributed by atoms with E-state index >= 15 is 0 Å². The maximum absolute atomic E-state index is 10.6. The van der Waals surface area contributed by atoms with Crippen LogP contribution in [-0.4, -0.2) is 10.7 Å². The zero-order valence-corrected chi connectivity index (χ0v) is 9.52. The Hall–Kier alpha value is -1.08. The summed E-state index contributed by atoms with van der Waals surface area (Å²) in [5, 5.41) is 10.6. The van der Waals surface area contributed by atoms with E-state index in [4.69, 9.17) is 0 Å². The molecule has 1 N–H and O–H groups in total. The summed E-state index contributed by atoms with van der Waals surface area (Å²) in [7, 11) is 0. The van der Waals surface area contributed by atoms with Crippen LogP contribution < -0.4 is 0 Å². The molecule has 2 aliphatic rings. The fourth-order valence-electron chi connectivity index (χ4n) is 3.56. The highest BCUT2D eigenvalue weighted by molar-refractivity contribution is 5.26. The van der Waals surface area contributed by atoms with Crippen LogP contribution >= 0.6 is 0 Å². The minimum Gasteiger partial charge on any atom is -0.389 e. The lowest BCUT2D eigenvalue weighted by molar-refractivity contribution is 0.0244. The third-order valence-electron chi connectivity index (χ3n) is 4.29. The third-order valence-corrected chi connectivity index (χ3v) is 4.29. The molecule has 1 aromatic carbocycles. The van der Waals surface area contributed by atoms with Crippen molar-refractivity contribution in [1.29, 1.82) is 0 Å².